The molecule has 0 aliphatic carbocycles. The molecule has 5 nitrogen and oxygen atoms in total. The van der Waals surface area contributed by atoms with Crippen molar-refractivity contribution in [1.82, 2.24) is 10.2 Å². The minimum absolute atomic E-state index is 0.543. The van der Waals surface area contributed by atoms with Crippen LogP contribution in [0, 0.1) is 0 Å². The molecule has 0 atom stereocenters. The van der Waals surface area contributed by atoms with Gasteiger partial charge in [-0.25, -0.2) is 0 Å². The molecule has 19 heavy (non-hydrogen) atoms. The molecule has 3 N–H and O–H groups in total. The lowest BCUT2D eigenvalue weighted by molar-refractivity contribution is 0.356. The Labute approximate surface area is 112 Å². The minimum atomic E-state index is 0.543. The SMILES string of the molecule is CCCc1c(N)n[nH]c1-c1cccc(OC)c1OC. The van der Waals surface area contributed by atoms with E-state index in [1.54, 1.807) is 14.2 Å². The second kappa shape index (κ2) is 5.65. The molecule has 0 bridgehead atoms. The average Bonchev–Trinajstić information content (AvgIpc) is 2.79. The van der Waals surface area contributed by atoms with Crippen molar-refractivity contribution in [2.24, 2.45) is 0 Å². The highest BCUT2D eigenvalue weighted by Gasteiger charge is 2.18. The monoisotopic (exact) mass is 261 g/mol. The van der Waals surface area contributed by atoms with Crippen molar-refractivity contribution in [3.63, 3.8) is 0 Å². The van der Waals surface area contributed by atoms with E-state index in [0.717, 1.165) is 29.7 Å². The summed E-state index contributed by atoms with van der Waals surface area (Å²) in [6.45, 7) is 2.11. The summed E-state index contributed by atoms with van der Waals surface area (Å²) in [5.41, 5.74) is 8.74. The maximum atomic E-state index is 5.91. The summed E-state index contributed by atoms with van der Waals surface area (Å²) in [6, 6.07) is 5.75. The van der Waals surface area contributed by atoms with Gasteiger partial charge in [0, 0.05) is 11.1 Å². The molecule has 2 aromatic rings. The Bertz CT molecular complexity index is 564. The summed E-state index contributed by atoms with van der Waals surface area (Å²) < 4.78 is 10.8. The van der Waals surface area contributed by atoms with Crippen molar-refractivity contribution >= 4 is 5.82 Å². The molecular formula is C14H19N3O2. The lowest BCUT2D eigenvalue weighted by Gasteiger charge is -2.12. The molecular weight excluding hydrogens is 242 g/mol. The van der Waals surface area contributed by atoms with Crippen molar-refractivity contribution < 1.29 is 9.47 Å². The van der Waals surface area contributed by atoms with Crippen LogP contribution in [0.15, 0.2) is 18.2 Å². The predicted octanol–water partition coefficient (Wildman–Crippen LogP) is 2.63. The molecule has 0 aliphatic heterocycles. The minimum Gasteiger partial charge on any atom is -0.493 e. The number of H-pyrrole nitrogens is 1. The van der Waals surface area contributed by atoms with Gasteiger partial charge in [-0.3, -0.25) is 5.10 Å². The van der Waals surface area contributed by atoms with Crippen LogP contribution < -0.4 is 15.2 Å². The summed E-state index contributed by atoms with van der Waals surface area (Å²) in [5.74, 6) is 1.92. The first-order chi connectivity index (χ1) is 9.22. The normalized spacial score (nSPS) is 10.5. The van der Waals surface area contributed by atoms with Gasteiger partial charge >= 0.3 is 0 Å². The number of nitrogens with one attached hydrogen (secondary N) is 1. The molecule has 1 heterocycles. The molecule has 2 rings (SSSR count). The van der Waals surface area contributed by atoms with Gasteiger partial charge in [-0.05, 0) is 18.6 Å². The Balaban J connectivity index is 2.58. The predicted molar refractivity (Wildman–Crippen MR) is 75.5 cm³/mol. The maximum absolute atomic E-state index is 5.91. The summed E-state index contributed by atoms with van der Waals surface area (Å²) in [6.07, 6.45) is 1.88. The van der Waals surface area contributed by atoms with Crippen LogP contribution in [0.2, 0.25) is 0 Å². The van der Waals surface area contributed by atoms with Crippen LogP contribution in [0.4, 0.5) is 5.82 Å². The molecule has 0 fully saturated rings. The van der Waals surface area contributed by atoms with E-state index < -0.39 is 0 Å². The van der Waals surface area contributed by atoms with E-state index in [4.69, 9.17) is 15.2 Å². The van der Waals surface area contributed by atoms with Gasteiger partial charge in [-0.15, -0.1) is 0 Å². The molecule has 0 amide bonds. The molecule has 0 saturated carbocycles. The van der Waals surface area contributed by atoms with E-state index in [-0.39, 0.29) is 0 Å². The Hall–Kier alpha value is -2.17. The number of anilines is 1. The Morgan fingerprint density at radius 3 is 2.68 bits per heavy atom. The number of para-hydroxylation sites is 1. The summed E-state index contributed by atoms with van der Waals surface area (Å²) in [7, 11) is 3.25. The molecule has 1 aromatic carbocycles. The van der Waals surface area contributed by atoms with Gasteiger partial charge in [0.1, 0.15) is 5.82 Å². The quantitative estimate of drug-likeness (QED) is 0.867. The topological polar surface area (TPSA) is 73.2 Å². The Kier molecular flexibility index (Phi) is 3.94. The molecule has 1 aromatic heterocycles. The number of aromatic amines is 1. The number of hydrogen-bond acceptors (Lipinski definition) is 4. The molecule has 0 unspecified atom stereocenters. The molecule has 5 heteroatoms. The third-order valence-corrected chi connectivity index (χ3v) is 3.07. The number of benzene rings is 1. The van der Waals surface area contributed by atoms with Crippen molar-refractivity contribution in [2.75, 3.05) is 20.0 Å². The molecule has 0 spiro atoms. The lowest BCUT2D eigenvalue weighted by atomic mass is 10.0. The maximum Gasteiger partial charge on any atom is 0.170 e. The first-order valence-corrected chi connectivity index (χ1v) is 6.27. The van der Waals surface area contributed by atoms with Gasteiger partial charge < -0.3 is 15.2 Å². The van der Waals surface area contributed by atoms with Crippen LogP contribution in [0.25, 0.3) is 11.3 Å². The first-order valence-electron chi connectivity index (χ1n) is 6.27. The van der Waals surface area contributed by atoms with Crippen LogP contribution in [0.1, 0.15) is 18.9 Å². The highest BCUT2D eigenvalue weighted by Crippen LogP contribution is 2.39. The zero-order valence-corrected chi connectivity index (χ0v) is 11.5. The number of rotatable bonds is 5. The fraction of sp³-hybridized carbons (Fsp3) is 0.357. The zero-order valence-electron chi connectivity index (χ0n) is 11.5. The number of nitrogens with zero attached hydrogens (tertiary/aromatic N) is 1. The number of nitrogens with two attached hydrogens (primary N) is 1. The number of nitrogen functional groups attached to an aromatic ring is 1. The van der Waals surface area contributed by atoms with Crippen molar-refractivity contribution in [2.45, 2.75) is 19.8 Å². The summed E-state index contributed by atoms with van der Waals surface area (Å²) >= 11 is 0. The van der Waals surface area contributed by atoms with Crippen LogP contribution in [0.3, 0.4) is 0 Å². The third kappa shape index (κ3) is 2.36. The van der Waals surface area contributed by atoms with Gasteiger partial charge in [0.05, 0.1) is 19.9 Å². The van der Waals surface area contributed by atoms with Crippen LogP contribution in [-0.2, 0) is 6.42 Å². The zero-order chi connectivity index (χ0) is 13.8. The first kappa shape index (κ1) is 13.3. The highest BCUT2D eigenvalue weighted by molar-refractivity contribution is 5.76. The van der Waals surface area contributed by atoms with Crippen LogP contribution in [-0.4, -0.2) is 24.4 Å². The summed E-state index contributed by atoms with van der Waals surface area (Å²) in [5, 5.41) is 7.09. The van der Waals surface area contributed by atoms with Gasteiger partial charge in [0.15, 0.2) is 11.5 Å². The van der Waals surface area contributed by atoms with E-state index in [9.17, 15) is 0 Å². The highest BCUT2D eigenvalue weighted by atomic mass is 16.5. The average molecular weight is 261 g/mol. The van der Waals surface area contributed by atoms with Gasteiger partial charge in [-0.1, -0.05) is 19.4 Å². The fourth-order valence-electron chi connectivity index (χ4n) is 2.19. The number of hydrogen-bond donors (Lipinski definition) is 2. The molecule has 0 saturated heterocycles. The van der Waals surface area contributed by atoms with E-state index >= 15 is 0 Å². The van der Waals surface area contributed by atoms with Crippen LogP contribution in [0.5, 0.6) is 11.5 Å². The molecule has 0 radical (unpaired) electrons. The summed E-state index contributed by atoms with van der Waals surface area (Å²) in [4.78, 5) is 0. The smallest absolute Gasteiger partial charge is 0.170 e. The standard InChI is InChI=1S/C14H19N3O2/c1-4-6-10-12(16-17-14(10)15)9-7-5-8-11(18-2)13(9)19-3/h5,7-8H,4,6H2,1-3H3,(H3,15,16,17). The van der Waals surface area contributed by atoms with Gasteiger partial charge in [-0.2, -0.15) is 5.10 Å². The largest absolute Gasteiger partial charge is 0.493 e. The molecule has 102 valence electrons. The van der Waals surface area contributed by atoms with Crippen molar-refractivity contribution in [3.8, 4) is 22.8 Å². The van der Waals surface area contributed by atoms with Gasteiger partial charge in [0.25, 0.3) is 0 Å². The van der Waals surface area contributed by atoms with E-state index in [2.05, 4.69) is 17.1 Å². The Morgan fingerprint density at radius 2 is 2.05 bits per heavy atom. The number of ether oxygens (including phenoxy) is 2. The fourth-order valence-corrected chi connectivity index (χ4v) is 2.19. The van der Waals surface area contributed by atoms with Crippen molar-refractivity contribution in [1.29, 1.82) is 0 Å². The van der Waals surface area contributed by atoms with E-state index in [1.165, 1.54) is 0 Å². The lowest BCUT2D eigenvalue weighted by Crippen LogP contribution is -1.96. The van der Waals surface area contributed by atoms with Crippen LogP contribution >= 0.6 is 0 Å². The van der Waals surface area contributed by atoms with Gasteiger partial charge in [0.2, 0.25) is 0 Å². The second-order valence-corrected chi connectivity index (χ2v) is 4.25. The van der Waals surface area contributed by atoms with E-state index in [0.29, 0.717) is 17.3 Å². The number of methoxy groups -OCH3 is 2. The number of aromatic nitrogens is 2. The van der Waals surface area contributed by atoms with Crippen molar-refractivity contribution in [3.05, 3.63) is 23.8 Å². The van der Waals surface area contributed by atoms with E-state index in [1.807, 2.05) is 18.2 Å². The Morgan fingerprint density at radius 1 is 1.26 bits per heavy atom. The third-order valence-electron chi connectivity index (χ3n) is 3.07. The second-order valence-electron chi connectivity index (χ2n) is 4.25. The molecule has 0 aliphatic rings.